The summed E-state index contributed by atoms with van der Waals surface area (Å²) in [6, 6.07) is 0. The molecule has 0 aromatic rings. The molecule has 0 saturated heterocycles. The van der Waals surface area contributed by atoms with Gasteiger partial charge in [0.2, 0.25) is 0 Å². The molecule has 0 amide bonds. The van der Waals surface area contributed by atoms with Crippen molar-refractivity contribution >= 4 is 17.6 Å². The van der Waals surface area contributed by atoms with E-state index in [2.05, 4.69) is 10.5 Å². The molecule has 0 atom stereocenters. The van der Waals surface area contributed by atoms with Gasteiger partial charge in [-0.05, 0) is 30.0 Å². The van der Waals surface area contributed by atoms with Crippen molar-refractivity contribution in [3.8, 4) is 0 Å². The molecule has 17 heavy (non-hydrogen) atoms. The lowest BCUT2D eigenvalue weighted by atomic mass is 10.0. The number of rotatable bonds is 7. The molecule has 0 unspecified atom stereocenters. The molecule has 0 aromatic carbocycles. The van der Waals surface area contributed by atoms with Crippen LogP contribution in [0.5, 0.6) is 0 Å². The van der Waals surface area contributed by atoms with E-state index in [-0.39, 0.29) is 28.8 Å². The maximum atomic E-state index is 11.8. The van der Waals surface area contributed by atoms with Gasteiger partial charge < -0.3 is 16.3 Å². The Morgan fingerprint density at radius 3 is 2.59 bits per heavy atom. The van der Waals surface area contributed by atoms with Crippen molar-refractivity contribution in [1.29, 1.82) is 0 Å². The van der Waals surface area contributed by atoms with E-state index >= 15 is 0 Å². The summed E-state index contributed by atoms with van der Waals surface area (Å²) in [5.41, 5.74) is 1.23. The largest absolute Gasteiger partial charge is 0.441 e. The SMILES string of the molecule is NC(CC1(CNCCSC(F)(F)F)CC1)=NO. The zero-order valence-corrected chi connectivity index (χ0v) is 10.1. The van der Waals surface area contributed by atoms with Crippen LogP contribution in [0.1, 0.15) is 19.3 Å². The lowest BCUT2D eigenvalue weighted by molar-refractivity contribution is -0.0327. The number of thioether (sulfide) groups is 1. The van der Waals surface area contributed by atoms with Gasteiger partial charge in [-0.25, -0.2) is 0 Å². The Morgan fingerprint density at radius 2 is 2.12 bits per heavy atom. The number of amidine groups is 1. The Labute approximate surface area is 102 Å². The van der Waals surface area contributed by atoms with Gasteiger partial charge in [-0.2, -0.15) is 13.2 Å². The zero-order valence-electron chi connectivity index (χ0n) is 9.26. The van der Waals surface area contributed by atoms with Crippen molar-refractivity contribution in [2.75, 3.05) is 18.8 Å². The minimum Gasteiger partial charge on any atom is -0.409 e. The van der Waals surface area contributed by atoms with Crippen molar-refractivity contribution < 1.29 is 18.4 Å². The minimum atomic E-state index is -4.16. The summed E-state index contributed by atoms with van der Waals surface area (Å²) in [5.74, 6) is 0.178. The summed E-state index contributed by atoms with van der Waals surface area (Å²) < 4.78 is 35.5. The summed E-state index contributed by atoms with van der Waals surface area (Å²) in [4.78, 5) is 0. The summed E-state index contributed by atoms with van der Waals surface area (Å²) in [5, 5.41) is 14.3. The van der Waals surface area contributed by atoms with Crippen LogP contribution in [0.4, 0.5) is 13.2 Å². The molecule has 1 fully saturated rings. The Bertz CT molecular complexity index is 279. The average molecular weight is 271 g/mol. The smallest absolute Gasteiger partial charge is 0.409 e. The second kappa shape index (κ2) is 5.81. The van der Waals surface area contributed by atoms with Crippen LogP contribution in [0.2, 0.25) is 0 Å². The fourth-order valence-electron chi connectivity index (χ4n) is 1.60. The first-order valence-corrected chi connectivity index (χ1v) is 6.23. The number of hydrogen-bond donors (Lipinski definition) is 3. The van der Waals surface area contributed by atoms with Crippen LogP contribution in [-0.4, -0.2) is 35.4 Å². The van der Waals surface area contributed by atoms with Crippen LogP contribution in [0.15, 0.2) is 5.16 Å². The molecule has 4 nitrogen and oxygen atoms in total. The summed E-state index contributed by atoms with van der Waals surface area (Å²) in [6.07, 6.45) is 2.41. The van der Waals surface area contributed by atoms with Crippen LogP contribution in [-0.2, 0) is 0 Å². The number of oxime groups is 1. The normalized spacial score (nSPS) is 19.4. The molecule has 1 rings (SSSR count). The molecule has 0 heterocycles. The summed E-state index contributed by atoms with van der Waals surface area (Å²) in [6.45, 7) is 0.920. The molecule has 0 radical (unpaired) electrons. The lowest BCUT2D eigenvalue weighted by Gasteiger charge is -2.15. The molecule has 0 bridgehead atoms. The lowest BCUT2D eigenvalue weighted by Crippen LogP contribution is -2.30. The van der Waals surface area contributed by atoms with E-state index in [9.17, 15) is 13.2 Å². The second-order valence-electron chi connectivity index (χ2n) is 4.24. The van der Waals surface area contributed by atoms with E-state index in [0.29, 0.717) is 19.5 Å². The maximum absolute atomic E-state index is 11.8. The van der Waals surface area contributed by atoms with E-state index in [0.717, 1.165) is 12.8 Å². The van der Waals surface area contributed by atoms with Crippen LogP contribution < -0.4 is 11.1 Å². The number of halogens is 3. The van der Waals surface area contributed by atoms with Gasteiger partial charge in [-0.1, -0.05) is 5.16 Å². The molecule has 4 N–H and O–H groups in total. The zero-order chi connectivity index (χ0) is 12.9. The monoisotopic (exact) mass is 271 g/mol. The van der Waals surface area contributed by atoms with E-state index in [4.69, 9.17) is 10.9 Å². The minimum absolute atomic E-state index is 0.00313. The van der Waals surface area contributed by atoms with Crippen molar-refractivity contribution in [3.63, 3.8) is 0 Å². The molecule has 1 saturated carbocycles. The topological polar surface area (TPSA) is 70.6 Å². The fraction of sp³-hybridized carbons (Fsp3) is 0.889. The third-order valence-corrected chi connectivity index (χ3v) is 3.42. The molecule has 0 aromatic heterocycles. The van der Waals surface area contributed by atoms with Crippen molar-refractivity contribution in [1.82, 2.24) is 5.32 Å². The van der Waals surface area contributed by atoms with E-state index in [1.807, 2.05) is 0 Å². The highest BCUT2D eigenvalue weighted by Crippen LogP contribution is 2.48. The first kappa shape index (κ1) is 14.4. The Hall–Kier alpha value is -0.630. The van der Waals surface area contributed by atoms with E-state index in [1.165, 1.54) is 0 Å². The predicted molar refractivity (Wildman–Crippen MR) is 61.1 cm³/mol. The Balaban J connectivity index is 2.11. The van der Waals surface area contributed by atoms with Crippen LogP contribution in [0.3, 0.4) is 0 Å². The van der Waals surface area contributed by atoms with E-state index in [1.54, 1.807) is 0 Å². The first-order valence-electron chi connectivity index (χ1n) is 5.25. The molecule has 1 aliphatic carbocycles. The number of nitrogens with two attached hydrogens (primary N) is 1. The van der Waals surface area contributed by atoms with Crippen molar-refractivity contribution in [2.24, 2.45) is 16.3 Å². The molecule has 0 spiro atoms. The molecule has 8 heteroatoms. The Kier molecular flexibility index (Phi) is 4.93. The van der Waals surface area contributed by atoms with Gasteiger partial charge in [0.25, 0.3) is 0 Å². The van der Waals surface area contributed by atoms with Crippen molar-refractivity contribution in [3.05, 3.63) is 0 Å². The third kappa shape index (κ3) is 6.02. The van der Waals surface area contributed by atoms with E-state index < -0.39 is 5.51 Å². The number of nitrogens with zero attached hydrogens (tertiary/aromatic N) is 1. The van der Waals surface area contributed by atoms with Crippen LogP contribution in [0.25, 0.3) is 0 Å². The molecule has 0 aliphatic heterocycles. The van der Waals surface area contributed by atoms with Gasteiger partial charge in [0.15, 0.2) is 0 Å². The molecular formula is C9H16F3N3OS. The third-order valence-electron chi connectivity index (χ3n) is 2.69. The number of nitrogens with one attached hydrogen (secondary N) is 1. The summed E-state index contributed by atoms with van der Waals surface area (Å²) in [7, 11) is 0. The fourth-order valence-corrected chi connectivity index (χ4v) is 2.08. The highest BCUT2D eigenvalue weighted by atomic mass is 32.2. The summed E-state index contributed by atoms with van der Waals surface area (Å²) >= 11 is -0.0280. The number of hydrogen-bond acceptors (Lipinski definition) is 4. The van der Waals surface area contributed by atoms with Gasteiger partial charge in [0, 0.05) is 25.3 Å². The van der Waals surface area contributed by atoms with Crippen LogP contribution in [0, 0.1) is 5.41 Å². The quantitative estimate of drug-likeness (QED) is 0.217. The van der Waals surface area contributed by atoms with Gasteiger partial charge in [-0.15, -0.1) is 0 Å². The maximum Gasteiger partial charge on any atom is 0.441 e. The average Bonchev–Trinajstić information content (AvgIpc) is 2.96. The van der Waals surface area contributed by atoms with Gasteiger partial charge >= 0.3 is 5.51 Å². The van der Waals surface area contributed by atoms with Gasteiger partial charge in [-0.3, -0.25) is 0 Å². The van der Waals surface area contributed by atoms with Crippen LogP contribution >= 0.6 is 11.8 Å². The molecule has 1 aliphatic rings. The van der Waals surface area contributed by atoms with Crippen molar-refractivity contribution in [2.45, 2.75) is 24.8 Å². The molecular weight excluding hydrogens is 255 g/mol. The van der Waals surface area contributed by atoms with Gasteiger partial charge in [0.05, 0.1) is 0 Å². The highest BCUT2D eigenvalue weighted by Gasteiger charge is 2.42. The predicted octanol–water partition coefficient (Wildman–Crippen LogP) is 1.75. The van der Waals surface area contributed by atoms with Gasteiger partial charge in [0.1, 0.15) is 5.84 Å². The number of alkyl halides is 3. The molecule has 100 valence electrons. The standard InChI is InChI=1S/C9H16F3N3OS/c10-9(11,12)17-4-3-14-6-8(1-2-8)5-7(13)15-16/h14,16H,1-6H2,(H2,13,15). The first-order chi connectivity index (χ1) is 7.87. The second-order valence-corrected chi connectivity index (χ2v) is 5.40. The highest BCUT2D eigenvalue weighted by molar-refractivity contribution is 8.00. The Morgan fingerprint density at radius 1 is 1.47 bits per heavy atom.